The molecule has 3 heteroatoms. The molecule has 0 saturated carbocycles. The molecule has 118 valence electrons. The molecule has 3 heterocycles. The molecule has 2 atom stereocenters. The maximum absolute atomic E-state index is 12.8. The lowest BCUT2D eigenvalue weighted by Gasteiger charge is -2.39. The highest BCUT2D eigenvalue weighted by molar-refractivity contribution is 5.98. The van der Waals surface area contributed by atoms with E-state index in [0.717, 1.165) is 29.7 Å². The first-order valence-corrected chi connectivity index (χ1v) is 8.61. The number of piperidine rings is 2. The normalized spacial score (nSPS) is 26.7. The van der Waals surface area contributed by atoms with Crippen molar-refractivity contribution < 1.29 is 4.79 Å². The van der Waals surface area contributed by atoms with Crippen molar-refractivity contribution >= 4 is 5.78 Å². The molecule has 4 rings (SSSR count). The summed E-state index contributed by atoms with van der Waals surface area (Å²) in [6.45, 7) is 0. The minimum Gasteiger partial charge on any atom is -0.311 e. The molecule has 2 bridgehead atoms. The third-order valence-electron chi connectivity index (χ3n) is 5.22. The summed E-state index contributed by atoms with van der Waals surface area (Å²) >= 11 is 0. The summed E-state index contributed by atoms with van der Waals surface area (Å²) in [4.78, 5) is 17.2. The smallest absolute Gasteiger partial charge is 0.166 e. The van der Waals surface area contributed by atoms with Crippen molar-refractivity contribution in [2.24, 2.45) is 5.92 Å². The van der Waals surface area contributed by atoms with Gasteiger partial charge in [-0.1, -0.05) is 36.8 Å². The Bertz CT molecular complexity index is 669. The highest BCUT2D eigenvalue weighted by Crippen LogP contribution is 2.32. The van der Waals surface area contributed by atoms with Crippen LogP contribution in [0.3, 0.4) is 0 Å². The summed E-state index contributed by atoms with van der Waals surface area (Å²) in [6.07, 6.45) is 7.54. The number of nitrogens with one attached hydrogen (secondary N) is 1. The van der Waals surface area contributed by atoms with Gasteiger partial charge in [0.05, 0.1) is 5.69 Å². The zero-order valence-corrected chi connectivity index (χ0v) is 13.2. The quantitative estimate of drug-likeness (QED) is 0.876. The van der Waals surface area contributed by atoms with Crippen LogP contribution in [0.2, 0.25) is 0 Å². The van der Waals surface area contributed by atoms with Crippen LogP contribution in [0, 0.1) is 5.92 Å². The number of nitrogens with zero attached hydrogens (tertiary/aromatic N) is 1. The van der Waals surface area contributed by atoms with Crippen molar-refractivity contribution in [3.63, 3.8) is 0 Å². The van der Waals surface area contributed by atoms with E-state index in [1.807, 2.05) is 42.5 Å². The van der Waals surface area contributed by atoms with Crippen LogP contribution in [-0.4, -0.2) is 22.9 Å². The van der Waals surface area contributed by atoms with Crippen molar-refractivity contribution in [3.8, 4) is 11.3 Å². The Morgan fingerprint density at radius 1 is 1.00 bits per heavy atom. The van der Waals surface area contributed by atoms with Gasteiger partial charge in [-0.05, 0) is 37.8 Å². The van der Waals surface area contributed by atoms with Crippen molar-refractivity contribution in [1.29, 1.82) is 0 Å². The molecule has 2 saturated heterocycles. The van der Waals surface area contributed by atoms with Crippen molar-refractivity contribution in [1.82, 2.24) is 10.3 Å². The number of aromatic nitrogens is 1. The van der Waals surface area contributed by atoms with E-state index in [0.29, 0.717) is 17.9 Å². The molecule has 2 aromatic rings. The summed E-state index contributed by atoms with van der Waals surface area (Å²) < 4.78 is 0. The van der Waals surface area contributed by atoms with Crippen LogP contribution in [0.25, 0.3) is 11.3 Å². The Labute approximate surface area is 137 Å². The van der Waals surface area contributed by atoms with E-state index < -0.39 is 0 Å². The van der Waals surface area contributed by atoms with Gasteiger partial charge in [-0.2, -0.15) is 0 Å². The molecule has 0 radical (unpaired) electrons. The minimum atomic E-state index is 0.187. The third kappa shape index (κ3) is 3.06. The number of hydrogen-bond donors (Lipinski definition) is 1. The van der Waals surface area contributed by atoms with Crippen molar-refractivity contribution in [2.75, 3.05) is 0 Å². The van der Waals surface area contributed by atoms with E-state index in [1.54, 1.807) is 6.20 Å². The molecule has 1 aromatic heterocycles. The average molecular weight is 306 g/mol. The average Bonchev–Trinajstić information content (AvgIpc) is 2.62. The van der Waals surface area contributed by atoms with Crippen LogP contribution in [0.5, 0.6) is 0 Å². The SMILES string of the molecule is O=C(c1ccc(-c2ccccn2)cc1)C1CC2CCCC(C1)N2. The number of Topliss-reactive ketones (excluding diaryl/α,β-unsaturated/α-hetero) is 1. The molecule has 23 heavy (non-hydrogen) atoms. The van der Waals surface area contributed by atoms with Crippen LogP contribution >= 0.6 is 0 Å². The fourth-order valence-electron chi connectivity index (χ4n) is 4.05. The van der Waals surface area contributed by atoms with Gasteiger partial charge in [0.1, 0.15) is 0 Å². The van der Waals surface area contributed by atoms with Crippen LogP contribution in [0.4, 0.5) is 0 Å². The molecule has 3 nitrogen and oxygen atoms in total. The zero-order valence-electron chi connectivity index (χ0n) is 13.2. The van der Waals surface area contributed by atoms with E-state index >= 15 is 0 Å². The Morgan fingerprint density at radius 2 is 1.74 bits per heavy atom. The monoisotopic (exact) mass is 306 g/mol. The van der Waals surface area contributed by atoms with E-state index in [9.17, 15) is 4.79 Å². The van der Waals surface area contributed by atoms with Crippen molar-refractivity contribution in [2.45, 2.75) is 44.2 Å². The fourth-order valence-corrected chi connectivity index (χ4v) is 4.05. The number of carbonyl (C=O) groups excluding carboxylic acids is 1. The highest BCUT2D eigenvalue weighted by Gasteiger charge is 2.34. The predicted molar refractivity (Wildman–Crippen MR) is 91.3 cm³/mol. The van der Waals surface area contributed by atoms with Crippen LogP contribution in [0.15, 0.2) is 48.7 Å². The largest absolute Gasteiger partial charge is 0.311 e. The van der Waals surface area contributed by atoms with Gasteiger partial charge in [-0.3, -0.25) is 9.78 Å². The van der Waals surface area contributed by atoms with Gasteiger partial charge in [0.25, 0.3) is 0 Å². The lowest BCUT2D eigenvalue weighted by molar-refractivity contribution is 0.0825. The van der Waals surface area contributed by atoms with Crippen LogP contribution in [-0.2, 0) is 0 Å². The second-order valence-corrected chi connectivity index (χ2v) is 6.82. The van der Waals surface area contributed by atoms with Gasteiger partial charge in [-0.15, -0.1) is 0 Å². The maximum Gasteiger partial charge on any atom is 0.166 e. The molecular weight excluding hydrogens is 284 g/mol. The molecule has 2 fully saturated rings. The lowest BCUT2D eigenvalue weighted by Crippen LogP contribution is -2.50. The summed E-state index contributed by atoms with van der Waals surface area (Å²) in [5.41, 5.74) is 2.85. The van der Waals surface area contributed by atoms with Gasteiger partial charge in [0.15, 0.2) is 5.78 Å². The summed E-state index contributed by atoms with van der Waals surface area (Å²) in [5.74, 6) is 0.503. The summed E-state index contributed by atoms with van der Waals surface area (Å²) in [7, 11) is 0. The second kappa shape index (κ2) is 6.25. The molecule has 0 aliphatic carbocycles. The number of benzene rings is 1. The second-order valence-electron chi connectivity index (χ2n) is 6.82. The molecule has 2 aliphatic heterocycles. The Morgan fingerprint density at radius 3 is 2.39 bits per heavy atom. The number of carbonyl (C=O) groups is 1. The van der Waals surface area contributed by atoms with Gasteiger partial charge in [0, 0.05) is 35.3 Å². The van der Waals surface area contributed by atoms with Gasteiger partial charge in [-0.25, -0.2) is 0 Å². The maximum atomic E-state index is 12.8. The van der Waals surface area contributed by atoms with E-state index in [1.165, 1.54) is 19.3 Å². The first-order valence-electron chi connectivity index (χ1n) is 8.61. The molecular formula is C20H22N2O. The highest BCUT2D eigenvalue weighted by atomic mass is 16.1. The minimum absolute atomic E-state index is 0.187. The molecule has 1 aromatic carbocycles. The first-order chi connectivity index (χ1) is 11.3. The van der Waals surface area contributed by atoms with Crippen LogP contribution in [0.1, 0.15) is 42.5 Å². The van der Waals surface area contributed by atoms with E-state index in [2.05, 4.69) is 10.3 Å². The standard InChI is InChI=1S/C20H22N2O/c23-20(16-12-17-4-3-5-18(13-16)22-17)15-9-7-14(8-10-15)19-6-1-2-11-21-19/h1-2,6-11,16-18,22H,3-5,12-13H2. The molecule has 2 aliphatic rings. The van der Waals surface area contributed by atoms with Crippen LogP contribution < -0.4 is 5.32 Å². The Kier molecular flexibility index (Phi) is 3.96. The summed E-state index contributed by atoms with van der Waals surface area (Å²) in [5, 5.41) is 3.66. The molecule has 2 unspecified atom stereocenters. The van der Waals surface area contributed by atoms with Crippen molar-refractivity contribution in [3.05, 3.63) is 54.2 Å². The zero-order chi connectivity index (χ0) is 15.6. The van der Waals surface area contributed by atoms with Gasteiger partial charge < -0.3 is 5.32 Å². The number of rotatable bonds is 3. The Balaban J connectivity index is 1.50. The fraction of sp³-hybridized carbons (Fsp3) is 0.400. The predicted octanol–water partition coefficient (Wildman–Crippen LogP) is 3.85. The summed E-state index contributed by atoms with van der Waals surface area (Å²) in [6, 6.07) is 14.9. The topological polar surface area (TPSA) is 42.0 Å². The number of fused-ring (bicyclic) bond motifs is 2. The first kappa shape index (κ1) is 14.6. The Hall–Kier alpha value is -2.00. The number of pyridine rings is 1. The van der Waals surface area contributed by atoms with E-state index in [4.69, 9.17) is 0 Å². The number of hydrogen-bond acceptors (Lipinski definition) is 3. The number of ketones is 1. The molecule has 0 amide bonds. The molecule has 0 spiro atoms. The molecule has 1 N–H and O–H groups in total. The lowest BCUT2D eigenvalue weighted by atomic mass is 9.77. The third-order valence-corrected chi connectivity index (χ3v) is 5.22. The van der Waals surface area contributed by atoms with Gasteiger partial charge in [0.2, 0.25) is 0 Å². The van der Waals surface area contributed by atoms with Gasteiger partial charge >= 0.3 is 0 Å². The van der Waals surface area contributed by atoms with E-state index in [-0.39, 0.29) is 5.92 Å².